The molecule has 1 aromatic heterocycles. The van der Waals surface area contributed by atoms with Gasteiger partial charge < -0.3 is 5.73 Å². The average molecular weight is 188 g/mol. The molecule has 0 spiro atoms. The Morgan fingerprint density at radius 1 is 1.64 bits per heavy atom. The van der Waals surface area contributed by atoms with Gasteiger partial charge in [0.05, 0.1) is 0 Å². The van der Waals surface area contributed by atoms with Crippen molar-refractivity contribution in [2.45, 2.75) is 6.92 Å². The number of aromatic nitrogens is 1. The molecule has 0 atom stereocenters. The Morgan fingerprint density at radius 3 is 2.86 bits per heavy atom. The summed E-state index contributed by atoms with van der Waals surface area (Å²) >= 11 is 0. The van der Waals surface area contributed by atoms with Crippen LogP contribution in [0.5, 0.6) is 0 Å². The first-order chi connectivity index (χ1) is 6.70. The van der Waals surface area contributed by atoms with Gasteiger partial charge >= 0.3 is 0 Å². The Morgan fingerprint density at radius 2 is 2.36 bits per heavy atom. The zero-order valence-corrected chi connectivity index (χ0v) is 8.03. The van der Waals surface area contributed by atoms with Crippen LogP contribution >= 0.6 is 0 Å². The molecule has 0 amide bonds. The lowest BCUT2D eigenvalue weighted by atomic mass is 9.99. The second-order valence-electron chi connectivity index (χ2n) is 2.91. The third kappa shape index (κ3) is 1.88. The number of hydrogen-bond donors (Lipinski definition) is 1. The first-order valence-corrected chi connectivity index (χ1v) is 4.18. The molecular weight excluding hydrogens is 176 g/mol. The van der Waals surface area contributed by atoms with Gasteiger partial charge in [0.1, 0.15) is 0 Å². The van der Waals surface area contributed by atoms with E-state index in [9.17, 15) is 4.79 Å². The van der Waals surface area contributed by atoms with Crippen LogP contribution in [0.15, 0.2) is 36.8 Å². The van der Waals surface area contributed by atoms with Gasteiger partial charge in [0.25, 0.3) is 0 Å². The molecular formula is C11H12N2O. The first-order valence-electron chi connectivity index (χ1n) is 4.18. The van der Waals surface area contributed by atoms with E-state index in [2.05, 4.69) is 11.6 Å². The number of allylic oxidation sites excluding steroid dienone is 2. The molecule has 2 N–H and O–H groups in total. The monoisotopic (exact) mass is 188 g/mol. The highest BCUT2D eigenvalue weighted by molar-refractivity contribution is 5.97. The molecule has 1 rings (SSSR count). The molecule has 0 saturated carbocycles. The van der Waals surface area contributed by atoms with Crippen LogP contribution in [0, 0.1) is 6.92 Å². The zero-order chi connectivity index (χ0) is 10.6. The summed E-state index contributed by atoms with van der Waals surface area (Å²) in [4.78, 5) is 14.6. The summed E-state index contributed by atoms with van der Waals surface area (Å²) in [6.45, 7) is 5.74. The summed E-state index contributed by atoms with van der Waals surface area (Å²) in [5.41, 5.74) is 8.16. The number of aryl methyl sites for hydroxylation is 1. The molecule has 0 aliphatic rings. The normalized spacial score (nSPS) is 11.1. The van der Waals surface area contributed by atoms with E-state index in [4.69, 9.17) is 5.73 Å². The molecule has 0 saturated heterocycles. The average Bonchev–Trinajstić information content (AvgIpc) is 2.20. The topological polar surface area (TPSA) is 56.0 Å². The standard InChI is InChI=1S/C11H12N2O/c1-8-3-4-13-6-11(8)9(2)10(5-12)7-14/h3-7H,2,12H2,1H3/b10-5-. The summed E-state index contributed by atoms with van der Waals surface area (Å²) in [5.74, 6) is 0. The molecule has 0 aromatic carbocycles. The molecule has 72 valence electrons. The van der Waals surface area contributed by atoms with Gasteiger partial charge in [0, 0.05) is 29.7 Å². The van der Waals surface area contributed by atoms with Crippen molar-refractivity contribution in [3.8, 4) is 0 Å². The van der Waals surface area contributed by atoms with Gasteiger partial charge in [-0.1, -0.05) is 6.58 Å². The Kier molecular flexibility index (Phi) is 3.18. The molecule has 3 nitrogen and oxygen atoms in total. The Bertz CT molecular complexity index is 394. The summed E-state index contributed by atoms with van der Waals surface area (Å²) < 4.78 is 0. The van der Waals surface area contributed by atoms with Crippen molar-refractivity contribution >= 4 is 11.9 Å². The lowest BCUT2D eigenvalue weighted by molar-refractivity contribution is -0.104. The van der Waals surface area contributed by atoms with Crippen LogP contribution in [0.3, 0.4) is 0 Å². The van der Waals surface area contributed by atoms with Crippen molar-refractivity contribution in [3.63, 3.8) is 0 Å². The minimum atomic E-state index is 0.390. The van der Waals surface area contributed by atoms with E-state index < -0.39 is 0 Å². The number of nitrogens with two attached hydrogens (primary N) is 1. The molecule has 1 aromatic rings. The van der Waals surface area contributed by atoms with Crippen molar-refractivity contribution in [1.82, 2.24) is 4.98 Å². The molecule has 0 aliphatic carbocycles. The molecule has 3 heteroatoms. The van der Waals surface area contributed by atoms with Gasteiger partial charge in [-0.2, -0.15) is 0 Å². The van der Waals surface area contributed by atoms with Crippen molar-refractivity contribution in [1.29, 1.82) is 0 Å². The lowest BCUT2D eigenvalue weighted by Crippen LogP contribution is -1.96. The Labute approximate surface area is 83.0 Å². The van der Waals surface area contributed by atoms with Gasteiger partial charge in [-0.05, 0) is 24.1 Å². The summed E-state index contributed by atoms with van der Waals surface area (Å²) in [6, 6.07) is 1.86. The third-order valence-corrected chi connectivity index (χ3v) is 2.02. The smallest absolute Gasteiger partial charge is 0.152 e. The van der Waals surface area contributed by atoms with E-state index in [1.54, 1.807) is 12.4 Å². The van der Waals surface area contributed by atoms with Gasteiger partial charge in [-0.15, -0.1) is 0 Å². The van der Waals surface area contributed by atoms with Gasteiger partial charge in [0.2, 0.25) is 0 Å². The predicted molar refractivity (Wildman–Crippen MR) is 56.3 cm³/mol. The Hall–Kier alpha value is -1.90. The number of rotatable bonds is 3. The maximum absolute atomic E-state index is 10.6. The number of pyridine rings is 1. The maximum atomic E-state index is 10.6. The fourth-order valence-electron chi connectivity index (χ4n) is 1.15. The molecule has 1 heterocycles. The van der Waals surface area contributed by atoms with Crippen LogP contribution in [-0.4, -0.2) is 11.3 Å². The zero-order valence-electron chi connectivity index (χ0n) is 8.03. The van der Waals surface area contributed by atoms with Crippen LogP contribution in [0.4, 0.5) is 0 Å². The highest BCUT2D eigenvalue weighted by Gasteiger charge is 2.06. The first kappa shape index (κ1) is 10.2. The van der Waals surface area contributed by atoms with Crippen LogP contribution in [-0.2, 0) is 4.79 Å². The van der Waals surface area contributed by atoms with E-state index in [1.165, 1.54) is 6.20 Å². The molecule has 0 aliphatic heterocycles. The second-order valence-corrected chi connectivity index (χ2v) is 2.91. The molecule has 0 bridgehead atoms. The van der Waals surface area contributed by atoms with Gasteiger partial charge in [-0.25, -0.2) is 0 Å². The maximum Gasteiger partial charge on any atom is 0.152 e. The number of hydrogen-bond acceptors (Lipinski definition) is 3. The van der Waals surface area contributed by atoms with E-state index in [0.29, 0.717) is 17.4 Å². The SMILES string of the molecule is C=C(/C(C=O)=C\N)c1cnccc1C. The molecule has 0 fully saturated rings. The number of carbonyl (C=O) groups excluding carboxylic acids is 1. The van der Waals surface area contributed by atoms with E-state index in [-0.39, 0.29) is 0 Å². The van der Waals surface area contributed by atoms with Gasteiger partial charge in [-0.3, -0.25) is 9.78 Å². The fraction of sp³-hybridized carbons (Fsp3) is 0.0909. The summed E-state index contributed by atoms with van der Waals surface area (Å²) in [6.07, 6.45) is 5.31. The summed E-state index contributed by atoms with van der Waals surface area (Å²) in [7, 11) is 0. The highest BCUT2D eigenvalue weighted by atomic mass is 16.1. The van der Waals surface area contributed by atoms with E-state index >= 15 is 0 Å². The second kappa shape index (κ2) is 4.37. The van der Waals surface area contributed by atoms with Gasteiger partial charge in [0.15, 0.2) is 6.29 Å². The molecule has 14 heavy (non-hydrogen) atoms. The van der Waals surface area contributed by atoms with Crippen LogP contribution in [0.1, 0.15) is 11.1 Å². The van der Waals surface area contributed by atoms with Crippen molar-refractivity contribution < 1.29 is 4.79 Å². The minimum absolute atomic E-state index is 0.390. The van der Waals surface area contributed by atoms with Crippen LogP contribution in [0.25, 0.3) is 5.57 Å². The van der Waals surface area contributed by atoms with Crippen molar-refractivity contribution in [2.75, 3.05) is 0 Å². The number of carbonyl (C=O) groups is 1. The van der Waals surface area contributed by atoms with E-state index in [1.807, 2.05) is 13.0 Å². The van der Waals surface area contributed by atoms with Crippen molar-refractivity contribution in [3.05, 3.63) is 47.9 Å². The van der Waals surface area contributed by atoms with Crippen molar-refractivity contribution in [2.24, 2.45) is 5.73 Å². The summed E-state index contributed by atoms with van der Waals surface area (Å²) in [5, 5.41) is 0. The molecule has 0 radical (unpaired) electrons. The lowest BCUT2D eigenvalue weighted by Gasteiger charge is -2.06. The fourth-order valence-corrected chi connectivity index (χ4v) is 1.15. The van der Waals surface area contributed by atoms with Crippen LogP contribution < -0.4 is 5.73 Å². The quantitative estimate of drug-likeness (QED) is 0.443. The van der Waals surface area contributed by atoms with E-state index in [0.717, 1.165) is 11.1 Å². The number of nitrogens with zero attached hydrogens (tertiary/aromatic N) is 1. The van der Waals surface area contributed by atoms with Crippen LogP contribution in [0.2, 0.25) is 0 Å². The minimum Gasteiger partial charge on any atom is -0.404 e. The highest BCUT2D eigenvalue weighted by Crippen LogP contribution is 2.21. The Balaban J connectivity index is 3.13. The molecule has 0 unspecified atom stereocenters. The number of aldehydes is 1. The predicted octanol–water partition coefficient (Wildman–Crippen LogP) is 1.44. The third-order valence-electron chi connectivity index (χ3n) is 2.02. The largest absolute Gasteiger partial charge is 0.404 e.